The molecular weight excluding hydrogens is 367 g/mol. The van der Waals surface area contributed by atoms with E-state index in [1.807, 2.05) is 0 Å². The van der Waals surface area contributed by atoms with E-state index in [0.29, 0.717) is 16.8 Å². The number of alkyl halides is 3. The third kappa shape index (κ3) is 3.14. The van der Waals surface area contributed by atoms with E-state index in [-0.39, 0.29) is 12.3 Å². The number of aromatic hydroxyl groups is 1. The summed E-state index contributed by atoms with van der Waals surface area (Å²) in [6.45, 7) is 3.11. The summed E-state index contributed by atoms with van der Waals surface area (Å²) in [5, 5.41) is 14.4. The van der Waals surface area contributed by atoms with Gasteiger partial charge in [0.1, 0.15) is 5.65 Å². The van der Waals surface area contributed by atoms with Crippen LogP contribution in [0.15, 0.2) is 29.1 Å². The first-order valence-corrected chi connectivity index (χ1v) is 7.84. The number of ether oxygens (including phenoxy) is 1. The number of esters is 1. The molecule has 2 aromatic heterocycles. The lowest BCUT2D eigenvalue weighted by atomic mass is 10.0. The molecule has 0 saturated carbocycles. The normalized spacial score (nSPS) is 11.7. The molecule has 142 valence electrons. The SMILES string of the molecule is CCOC(=O)c1c(O)n2nc(C)c(-c3ccc(C(F)(F)F)cc3)c2[nH]c1=O. The van der Waals surface area contributed by atoms with Crippen LogP contribution in [0.3, 0.4) is 0 Å². The first kappa shape index (κ1) is 18.5. The molecular formula is C17H14F3N3O4. The quantitative estimate of drug-likeness (QED) is 0.680. The van der Waals surface area contributed by atoms with E-state index in [4.69, 9.17) is 4.74 Å². The van der Waals surface area contributed by atoms with Crippen LogP contribution in [0, 0.1) is 6.92 Å². The first-order chi connectivity index (χ1) is 12.6. The molecule has 3 rings (SSSR count). The number of carbonyl (C=O) groups is 1. The number of carbonyl (C=O) groups excluding carboxylic acids is 1. The average molecular weight is 381 g/mol. The van der Waals surface area contributed by atoms with Gasteiger partial charge in [0.25, 0.3) is 5.56 Å². The second-order valence-corrected chi connectivity index (χ2v) is 5.67. The van der Waals surface area contributed by atoms with E-state index >= 15 is 0 Å². The van der Waals surface area contributed by atoms with Crippen LogP contribution in [0.4, 0.5) is 13.2 Å². The third-order valence-corrected chi connectivity index (χ3v) is 3.92. The Bertz CT molecular complexity index is 1080. The molecule has 0 aliphatic heterocycles. The fourth-order valence-corrected chi connectivity index (χ4v) is 2.73. The van der Waals surface area contributed by atoms with Crippen LogP contribution in [-0.4, -0.2) is 32.3 Å². The second-order valence-electron chi connectivity index (χ2n) is 5.67. The number of hydrogen-bond donors (Lipinski definition) is 2. The number of rotatable bonds is 3. The molecule has 0 spiro atoms. The van der Waals surface area contributed by atoms with Crippen molar-refractivity contribution in [3.63, 3.8) is 0 Å². The molecule has 0 bridgehead atoms. The van der Waals surface area contributed by atoms with Crippen molar-refractivity contribution < 1.29 is 27.8 Å². The van der Waals surface area contributed by atoms with Crippen LogP contribution in [-0.2, 0) is 10.9 Å². The lowest BCUT2D eigenvalue weighted by Crippen LogP contribution is -2.22. The van der Waals surface area contributed by atoms with Crippen molar-refractivity contribution in [2.24, 2.45) is 0 Å². The molecule has 0 atom stereocenters. The van der Waals surface area contributed by atoms with Gasteiger partial charge in [-0.2, -0.15) is 22.8 Å². The number of hydrogen-bond acceptors (Lipinski definition) is 5. The predicted octanol–water partition coefficient (Wildman–Crippen LogP) is 2.90. The lowest BCUT2D eigenvalue weighted by Gasteiger charge is -2.08. The van der Waals surface area contributed by atoms with Crippen molar-refractivity contribution in [2.45, 2.75) is 20.0 Å². The topological polar surface area (TPSA) is 96.7 Å². The summed E-state index contributed by atoms with van der Waals surface area (Å²) in [6, 6.07) is 4.29. The summed E-state index contributed by atoms with van der Waals surface area (Å²) in [4.78, 5) is 26.5. The number of aromatic nitrogens is 3. The molecule has 10 heteroatoms. The molecule has 0 aliphatic rings. The van der Waals surface area contributed by atoms with Crippen molar-refractivity contribution >= 4 is 11.6 Å². The van der Waals surface area contributed by atoms with E-state index < -0.39 is 34.7 Å². The number of nitrogens with one attached hydrogen (secondary N) is 1. The van der Waals surface area contributed by atoms with E-state index in [1.54, 1.807) is 13.8 Å². The Morgan fingerprint density at radius 2 is 1.93 bits per heavy atom. The van der Waals surface area contributed by atoms with Gasteiger partial charge in [-0.1, -0.05) is 12.1 Å². The Hall–Kier alpha value is -3.30. The maximum Gasteiger partial charge on any atom is 0.416 e. The van der Waals surface area contributed by atoms with Crippen LogP contribution in [0.25, 0.3) is 16.8 Å². The van der Waals surface area contributed by atoms with Crippen LogP contribution >= 0.6 is 0 Å². The summed E-state index contributed by atoms with van der Waals surface area (Å²) >= 11 is 0. The van der Waals surface area contributed by atoms with Gasteiger partial charge in [0.05, 0.1) is 17.9 Å². The van der Waals surface area contributed by atoms with E-state index in [1.165, 1.54) is 12.1 Å². The monoisotopic (exact) mass is 381 g/mol. The van der Waals surface area contributed by atoms with Gasteiger partial charge >= 0.3 is 12.1 Å². The lowest BCUT2D eigenvalue weighted by molar-refractivity contribution is -0.137. The largest absolute Gasteiger partial charge is 0.492 e. The van der Waals surface area contributed by atoms with Crippen molar-refractivity contribution in [1.29, 1.82) is 0 Å². The van der Waals surface area contributed by atoms with E-state index in [2.05, 4.69) is 10.1 Å². The van der Waals surface area contributed by atoms with Gasteiger partial charge in [-0.05, 0) is 31.5 Å². The van der Waals surface area contributed by atoms with E-state index in [0.717, 1.165) is 16.6 Å². The summed E-state index contributed by atoms with van der Waals surface area (Å²) in [5.41, 5.74) is -1.26. The smallest absolute Gasteiger partial charge is 0.416 e. The molecule has 2 N–H and O–H groups in total. The Labute approximate surface area is 150 Å². The van der Waals surface area contributed by atoms with Gasteiger partial charge in [-0.15, -0.1) is 0 Å². The Kier molecular flexibility index (Phi) is 4.42. The molecule has 7 nitrogen and oxygen atoms in total. The maximum absolute atomic E-state index is 12.7. The molecule has 0 unspecified atom stereocenters. The van der Waals surface area contributed by atoms with Crippen molar-refractivity contribution in [2.75, 3.05) is 6.61 Å². The zero-order valence-corrected chi connectivity index (χ0v) is 14.2. The van der Waals surface area contributed by atoms with Gasteiger partial charge in [-0.25, -0.2) is 4.79 Å². The molecule has 3 aromatic rings. The summed E-state index contributed by atoms with van der Waals surface area (Å²) in [6.07, 6.45) is -4.48. The number of halogens is 3. The van der Waals surface area contributed by atoms with Crippen molar-refractivity contribution in [3.8, 4) is 17.0 Å². The first-order valence-electron chi connectivity index (χ1n) is 7.84. The number of nitrogens with zero attached hydrogens (tertiary/aromatic N) is 2. The summed E-state index contributed by atoms with van der Waals surface area (Å²) in [7, 11) is 0. The predicted molar refractivity (Wildman–Crippen MR) is 88.6 cm³/mol. The molecule has 1 aromatic carbocycles. The number of aryl methyl sites for hydroxylation is 1. The van der Waals surface area contributed by atoms with Crippen LogP contribution < -0.4 is 5.56 Å². The Balaban J connectivity index is 2.20. The fourth-order valence-electron chi connectivity index (χ4n) is 2.73. The number of benzene rings is 1. The molecule has 0 amide bonds. The van der Waals surface area contributed by atoms with Crippen molar-refractivity contribution in [1.82, 2.24) is 14.6 Å². The highest BCUT2D eigenvalue weighted by molar-refractivity contribution is 5.92. The maximum atomic E-state index is 12.7. The third-order valence-electron chi connectivity index (χ3n) is 3.92. The van der Waals surface area contributed by atoms with Crippen molar-refractivity contribution in [3.05, 3.63) is 51.4 Å². The number of fused-ring (bicyclic) bond motifs is 1. The van der Waals surface area contributed by atoms with Crippen LogP contribution in [0.2, 0.25) is 0 Å². The minimum Gasteiger partial charge on any atom is -0.492 e. The van der Waals surface area contributed by atoms with Gasteiger partial charge in [0.15, 0.2) is 5.56 Å². The molecule has 0 aliphatic carbocycles. The highest BCUT2D eigenvalue weighted by atomic mass is 19.4. The van der Waals surface area contributed by atoms with Gasteiger partial charge in [-0.3, -0.25) is 4.79 Å². The molecule has 0 radical (unpaired) electrons. The molecule has 0 saturated heterocycles. The molecule has 0 fully saturated rings. The molecule has 2 heterocycles. The van der Waals surface area contributed by atoms with Gasteiger partial charge in [0, 0.05) is 5.56 Å². The highest BCUT2D eigenvalue weighted by Crippen LogP contribution is 2.33. The Morgan fingerprint density at radius 3 is 2.48 bits per heavy atom. The zero-order valence-electron chi connectivity index (χ0n) is 14.2. The molecule has 27 heavy (non-hydrogen) atoms. The second kappa shape index (κ2) is 6.45. The fraction of sp³-hybridized carbons (Fsp3) is 0.235. The number of H-pyrrole nitrogens is 1. The number of aromatic amines is 1. The minimum atomic E-state index is -4.48. The summed E-state index contributed by atoms with van der Waals surface area (Å²) < 4.78 is 43.9. The van der Waals surface area contributed by atoms with Crippen LogP contribution in [0.5, 0.6) is 5.88 Å². The highest BCUT2D eigenvalue weighted by Gasteiger charge is 2.30. The summed E-state index contributed by atoms with van der Waals surface area (Å²) in [5.74, 6) is -1.73. The standard InChI is InChI=1S/C17H14F3N3O4/c1-3-27-16(26)12-14(24)21-13-11(8(2)22-23(13)15(12)25)9-4-6-10(7-5-9)17(18,19)20/h4-7,25H,3H2,1-2H3,(H,21,24). The zero-order chi connectivity index (χ0) is 19.9. The van der Waals surface area contributed by atoms with Gasteiger partial charge in [0.2, 0.25) is 5.88 Å². The minimum absolute atomic E-state index is 0.00465. The average Bonchev–Trinajstić information content (AvgIpc) is 2.91. The van der Waals surface area contributed by atoms with Crippen LogP contribution in [0.1, 0.15) is 28.5 Å². The Morgan fingerprint density at radius 1 is 1.30 bits per heavy atom. The van der Waals surface area contributed by atoms with Gasteiger partial charge < -0.3 is 14.8 Å². The van der Waals surface area contributed by atoms with E-state index in [9.17, 15) is 27.9 Å².